The Morgan fingerprint density at radius 2 is 1.35 bits per heavy atom. The number of benzene rings is 2. The molecule has 2 aromatic carbocycles. The van der Waals surface area contributed by atoms with Crippen molar-refractivity contribution in [3.8, 4) is 0 Å². The van der Waals surface area contributed by atoms with E-state index >= 15 is 0 Å². The molecule has 1 saturated heterocycles. The number of Topliss-reactive ketones (excluding diaryl/α,β-unsaturated/α-hetero) is 1. The second-order valence-corrected chi connectivity index (χ2v) is 11.2. The Kier molecular flexibility index (Phi) is 10.9. The van der Waals surface area contributed by atoms with Crippen molar-refractivity contribution >= 4 is 41.3 Å². The van der Waals surface area contributed by atoms with Crippen LogP contribution in [0.1, 0.15) is 51.7 Å². The fourth-order valence-corrected chi connectivity index (χ4v) is 5.85. The van der Waals surface area contributed by atoms with E-state index < -0.39 is 91.1 Å². The number of anilines is 1. The van der Waals surface area contributed by atoms with Crippen LogP contribution in [-0.2, 0) is 64.5 Å². The number of hydrogen-bond acceptors (Lipinski definition) is 12. The molecule has 2 aliphatic rings. The third-order valence-corrected chi connectivity index (χ3v) is 7.68. The third-order valence-electron chi connectivity index (χ3n) is 7.68. The van der Waals surface area contributed by atoms with Crippen molar-refractivity contribution in [2.75, 3.05) is 18.1 Å². The minimum Gasteiger partial charge on any atom is -0.463 e. The Hall–Kier alpha value is -4.62. The van der Waals surface area contributed by atoms with Gasteiger partial charge < -0.3 is 33.7 Å². The normalized spacial score (nSPS) is 25.3. The SMILES string of the molecule is CC(=O)OC[C@H]1O[C@@H](CC(=O)CC2(O)C(=O)N(CCc3ccccc3)c3ccccc32)[C@H](OC(C)=O)[C@@H](OC(C)=O)[C@@H]1OC(C)=O. The van der Waals surface area contributed by atoms with Crippen molar-refractivity contribution in [2.45, 2.75) is 83.1 Å². The summed E-state index contributed by atoms with van der Waals surface area (Å²) in [5.74, 6) is -4.39. The van der Waals surface area contributed by atoms with Crippen LogP contribution in [0.5, 0.6) is 0 Å². The molecule has 2 aliphatic heterocycles. The van der Waals surface area contributed by atoms with Crippen LogP contribution in [0, 0.1) is 0 Å². The lowest BCUT2D eigenvalue weighted by molar-refractivity contribution is -0.252. The van der Waals surface area contributed by atoms with Gasteiger partial charge in [0.25, 0.3) is 5.91 Å². The molecule has 0 spiro atoms. The summed E-state index contributed by atoms with van der Waals surface area (Å²) in [7, 11) is 0. The van der Waals surface area contributed by atoms with E-state index in [0.717, 1.165) is 33.3 Å². The van der Waals surface area contributed by atoms with Gasteiger partial charge in [-0.15, -0.1) is 0 Å². The monoisotopic (exact) mass is 639 g/mol. The summed E-state index contributed by atoms with van der Waals surface area (Å²) in [4.78, 5) is 76.7. The molecule has 1 unspecified atom stereocenters. The predicted octanol–water partition coefficient (Wildman–Crippen LogP) is 1.94. The minimum atomic E-state index is -2.19. The molecule has 0 aromatic heterocycles. The highest BCUT2D eigenvalue weighted by molar-refractivity contribution is 6.09. The van der Waals surface area contributed by atoms with E-state index in [9.17, 15) is 33.9 Å². The lowest BCUT2D eigenvalue weighted by Gasteiger charge is -2.44. The second kappa shape index (κ2) is 14.6. The van der Waals surface area contributed by atoms with Crippen LogP contribution in [0.3, 0.4) is 0 Å². The first kappa shape index (κ1) is 34.3. The van der Waals surface area contributed by atoms with E-state index in [1.165, 1.54) is 4.90 Å². The fraction of sp³-hybridized carbons (Fsp3) is 0.455. The van der Waals surface area contributed by atoms with Crippen molar-refractivity contribution in [1.29, 1.82) is 0 Å². The number of hydrogen-bond donors (Lipinski definition) is 1. The molecule has 0 aliphatic carbocycles. The van der Waals surface area contributed by atoms with Crippen LogP contribution >= 0.6 is 0 Å². The van der Waals surface area contributed by atoms with Crippen molar-refractivity contribution in [3.05, 3.63) is 65.7 Å². The topological polar surface area (TPSA) is 172 Å². The molecule has 0 bridgehead atoms. The van der Waals surface area contributed by atoms with Gasteiger partial charge in [-0.2, -0.15) is 0 Å². The average Bonchev–Trinajstić information content (AvgIpc) is 3.19. The highest BCUT2D eigenvalue weighted by atomic mass is 16.7. The molecule has 1 amide bonds. The number of ketones is 1. The van der Waals surface area contributed by atoms with Crippen LogP contribution < -0.4 is 4.90 Å². The number of rotatable bonds is 12. The van der Waals surface area contributed by atoms with Crippen LogP contribution in [0.25, 0.3) is 0 Å². The first-order valence-electron chi connectivity index (χ1n) is 14.8. The largest absolute Gasteiger partial charge is 0.463 e. The van der Waals surface area contributed by atoms with Gasteiger partial charge in [-0.05, 0) is 18.1 Å². The van der Waals surface area contributed by atoms with E-state index in [0.29, 0.717) is 12.1 Å². The number of ether oxygens (including phenoxy) is 5. The number of carbonyl (C=O) groups is 6. The van der Waals surface area contributed by atoms with Crippen LogP contribution in [0.15, 0.2) is 54.6 Å². The molecule has 2 aromatic rings. The van der Waals surface area contributed by atoms with Crippen molar-refractivity contribution in [3.63, 3.8) is 0 Å². The van der Waals surface area contributed by atoms with Crippen LogP contribution in [-0.4, -0.2) is 84.3 Å². The summed E-state index contributed by atoms with van der Waals surface area (Å²) >= 11 is 0. The summed E-state index contributed by atoms with van der Waals surface area (Å²) in [6.45, 7) is 4.25. The van der Waals surface area contributed by atoms with E-state index in [1.54, 1.807) is 24.3 Å². The van der Waals surface area contributed by atoms with E-state index in [2.05, 4.69) is 0 Å². The zero-order chi connectivity index (χ0) is 33.6. The standard InChI is InChI=1S/C33H37NO12/c1-19(35)42-18-28-30(44-21(3)37)31(45-22(4)38)29(43-20(2)36)27(46-28)16-24(39)17-33(41)25-12-8-9-13-26(25)34(32(33)40)15-14-23-10-6-5-7-11-23/h5-13,27-31,41H,14-18H2,1-4H3/t27-,28+,29-,30+,31+,33?/m0/s1. The number of esters is 4. The number of amides is 1. The summed E-state index contributed by atoms with van der Waals surface area (Å²) in [5, 5.41) is 11.8. The molecule has 13 nitrogen and oxygen atoms in total. The van der Waals surface area contributed by atoms with Gasteiger partial charge in [0.2, 0.25) is 0 Å². The number of para-hydroxylation sites is 1. The third kappa shape index (κ3) is 7.96. The smallest absolute Gasteiger partial charge is 0.303 e. The van der Waals surface area contributed by atoms with Gasteiger partial charge in [-0.25, -0.2) is 0 Å². The van der Waals surface area contributed by atoms with Crippen molar-refractivity contribution in [2.24, 2.45) is 0 Å². The Morgan fingerprint density at radius 3 is 1.96 bits per heavy atom. The van der Waals surface area contributed by atoms with E-state index in [4.69, 9.17) is 23.7 Å². The second-order valence-electron chi connectivity index (χ2n) is 11.2. The lowest BCUT2D eigenvalue weighted by Crippen LogP contribution is -2.62. The summed E-state index contributed by atoms with van der Waals surface area (Å²) in [5.41, 5.74) is -0.459. The summed E-state index contributed by atoms with van der Waals surface area (Å²) < 4.78 is 27.3. The number of fused-ring (bicyclic) bond motifs is 1. The van der Waals surface area contributed by atoms with Crippen LogP contribution in [0.2, 0.25) is 0 Å². The van der Waals surface area contributed by atoms with Crippen molar-refractivity contribution < 1.29 is 57.6 Å². The van der Waals surface area contributed by atoms with Gasteiger partial charge in [0, 0.05) is 52.6 Å². The van der Waals surface area contributed by atoms with Crippen LogP contribution in [0.4, 0.5) is 5.69 Å². The highest BCUT2D eigenvalue weighted by Crippen LogP contribution is 2.43. The van der Waals surface area contributed by atoms with Gasteiger partial charge in [0.05, 0.1) is 5.69 Å². The predicted molar refractivity (Wildman–Crippen MR) is 159 cm³/mol. The minimum absolute atomic E-state index is 0.260. The molecule has 246 valence electrons. The molecule has 2 heterocycles. The summed E-state index contributed by atoms with van der Waals surface area (Å²) in [6.07, 6.45) is -7.43. The fourth-order valence-electron chi connectivity index (χ4n) is 5.85. The Bertz CT molecular complexity index is 1480. The first-order valence-corrected chi connectivity index (χ1v) is 14.8. The van der Waals surface area contributed by atoms with Gasteiger partial charge in [-0.1, -0.05) is 48.5 Å². The Morgan fingerprint density at radius 1 is 0.783 bits per heavy atom. The summed E-state index contributed by atoms with van der Waals surface area (Å²) in [6, 6.07) is 16.2. The quantitative estimate of drug-likeness (QED) is 0.265. The molecule has 6 atom stereocenters. The number of carbonyl (C=O) groups excluding carboxylic acids is 6. The molecular weight excluding hydrogens is 602 g/mol. The number of nitrogens with zero attached hydrogens (tertiary/aromatic N) is 1. The maximum Gasteiger partial charge on any atom is 0.303 e. The molecule has 0 radical (unpaired) electrons. The number of aliphatic hydroxyl groups is 1. The van der Waals surface area contributed by atoms with Gasteiger partial charge in [0.1, 0.15) is 24.6 Å². The lowest BCUT2D eigenvalue weighted by atomic mass is 9.86. The molecule has 0 saturated carbocycles. The molecular formula is C33H37NO12. The molecule has 13 heteroatoms. The maximum atomic E-state index is 13.7. The highest BCUT2D eigenvalue weighted by Gasteiger charge is 2.54. The van der Waals surface area contributed by atoms with Gasteiger partial charge in [-0.3, -0.25) is 28.8 Å². The Balaban J connectivity index is 1.60. The molecule has 1 fully saturated rings. The first-order chi connectivity index (χ1) is 21.8. The van der Waals surface area contributed by atoms with Crippen molar-refractivity contribution in [1.82, 2.24) is 0 Å². The van der Waals surface area contributed by atoms with E-state index in [1.807, 2.05) is 30.3 Å². The molecule has 4 rings (SSSR count). The zero-order valence-corrected chi connectivity index (χ0v) is 26.0. The molecule has 1 N–H and O–H groups in total. The molecule has 46 heavy (non-hydrogen) atoms. The maximum absolute atomic E-state index is 13.7. The van der Waals surface area contributed by atoms with Gasteiger partial charge in [0.15, 0.2) is 23.9 Å². The zero-order valence-electron chi connectivity index (χ0n) is 26.0. The Labute approximate surface area is 265 Å². The van der Waals surface area contributed by atoms with Gasteiger partial charge >= 0.3 is 23.9 Å². The van der Waals surface area contributed by atoms with E-state index in [-0.39, 0.29) is 12.1 Å². The average molecular weight is 640 g/mol.